The Morgan fingerprint density at radius 2 is 1.82 bits per heavy atom. The number of aromatic nitrogens is 2. The van der Waals surface area contributed by atoms with Crippen LogP contribution in [0.3, 0.4) is 0 Å². The molecule has 0 aliphatic carbocycles. The Labute approximate surface area is 237 Å². The van der Waals surface area contributed by atoms with Gasteiger partial charge in [-0.05, 0) is 76.6 Å². The highest BCUT2D eigenvalue weighted by molar-refractivity contribution is 5.73. The van der Waals surface area contributed by atoms with E-state index < -0.39 is 5.60 Å². The second-order valence-corrected chi connectivity index (χ2v) is 12.4. The van der Waals surface area contributed by atoms with Crippen molar-refractivity contribution in [3.63, 3.8) is 0 Å². The van der Waals surface area contributed by atoms with E-state index in [-0.39, 0.29) is 6.09 Å². The van der Waals surface area contributed by atoms with Crippen LogP contribution >= 0.6 is 0 Å². The van der Waals surface area contributed by atoms with Crippen molar-refractivity contribution in [2.24, 2.45) is 0 Å². The van der Waals surface area contributed by atoms with Crippen LogP contribution in [0.1, 0.15) is 62.6 Å². The van der Waals surface area contributed by atoms with Crippen LogP contribution in [-0.2, 0) is 16.1 Å². The van der Waals surface area contributed by atoms with Gasteiger partial charge in [-0.15, -0.1) is 0 Å². The topological polar surface area (TPSA) is 92.3 Å². The maximum Gasteiger partial charge on any atom is 0.410 e. The average molecular weight is 551 g/mol. The Morgan fingerprint density at radius 1 is 1.05 bits per heavy atom. The lowest BCUT2D eigenvalue weighted by atomic mass is 9.95. The number of fused-ring (bicyclic) bond motifs is 2. The maximum atomic E-state index is 12.5. The van der Waals surface area contributed by atoms with E-state index in [0.29, 0.717) is 31.8 Å². The number of anilines is 3. The number of hydrogen-bond acceptors (Lipinski definition) is 9. The molecule has 0 bridgehead atoms. The Hall–Kier alpha value is -3.11. The predicted molar refractivity (Wildman–Crippen MR) is 154 cm³/mol. The van der Waals surface area contributed by atoms with Crippen LogP contribution in [0, 0.1) is 6.92 Å². The van der Waals surface area contributed by atoms with E-state index in [4.69, 9.17) is 14.2 Å². The molecule has 40 heavy (non-hydrogen) atoms. The van der Waals surface area contributed by atoms with Gasteiger partial charge in [0, 0.05) is 38.8 Å². The van der Waals surface area contributed by atoms with Gasteiger partial charge < -0.3 is 29.3 Å². The average Bonchev–Trinajstić information content (AvgIpc) is 3.35. The van der Waals surface area contributed by atoms with E-state index in [1.165, 1.54) is 5.56 Å². The molecule has 2 aromatic rings. The van der Waals surface area contributed by atoms with Crippen LogP contribution in [-0.4, -0.2) is 90.0 Å². The fourth-order valence-corrected chi connectivity index (χ4v) is 6.42. The molecule has 4 aliphatic heterocycles. The summed E-state index contributed by atoms with van der Waals surface area (Å²) in [5.41, 5.74) is 3.99. The van der Waals surface area contributed by atoms with Crippen LogP contribution < -0.4 is 15.0 Å². The Bertz CT molecular complexity index is 1230. The molecule has 3 saturated heterocycles. The van der Waals surface area contributed by atoms with Crippen molar-refractivity contribution in [3.8, 4) is 5.75 Å². The van der Waals surface area contributed by atoms with E-state index >= 15 is 0 Å². The number of morpholine rings is 1. The number of piperidine rings is 1. The van der Waals surface area contributed by atoms with Crippen molar-refractivity contribution in [1.29, 1.82) is 0 Å². The van der Waals surface area contributed by atoms with Gasteiger partial charge in [0.1, 0.15) is 35.9 Å². The van der Waals surface area contributed by atoms with Crippen LogP contribution in [0.4, 0.5) is 22.1 Å². The third-order valence-electron chi connectivity index (χ3n) is 8.47. The summed E-state index contributed by atoms with van der Waals surface area (Å²) < 4.78 is 17.5. The molecule has 1 N–H and O–H groups in total. The van der Waals surface area contributed by atoms with E-state index in [2.05, 4.69) is 44.1 Å². The smallest absolute Gasteiger partial charge is 0.410 e. The molecule has 1 atom stereocenters. The predicted octanol–water partition coefficient (Wildman–Crippen LogP) is 4.45. The molecule has 5 heterocycles. The first-order valence-electron chi connectivity index (χ1n) is 14.7. The molecular formula is C30H42N6O4. The summed E-state index contributed by atoms with van der Waals surface area (Å²) in [6.45, 7) is 15.0. The number of aryl methyl sites for hydroxylation is 1. The lowest BCUT2D eigenvalue weighted by Gasteiger charge is -2.37. The van der Waals surface area contributed by atoms with Crippen LogP contribution in [0.2, 0.25) is 0 Å². The largest absolute Gasteiger partial charge is 0.486 e. The monoisotopic (exact) mass is 550 g/mol. The molecule has 3 fully saturated rings. The number of carbonyl (C=O) groups is 1. The Morgan fingerprint density at radius 3 is 2.58 bits per heavy atom. The first-order chi connectivity index (χ1) is 19.2. The summed E-state index contributed by atoms with van der Waals surface area (Å²) in [7, 11) is 0. The summed E-state index contributed by atoms with van der Waals surface area (Å²) in [5.74, 6) is 3.10. The lowest BCUT2D eigenvalue weighted by molar-refractivity contribution is 0.0155. The molecule has 1 aromatic carbocycles. The van der Waals surface area contributed by atoms with E-state index in [1.54, 1.807) is 6.33 Å². The number of rotatable bonds is 3. The molecule has 1 amide bonds. The van der Waals surface area contributed by atoms with Crippen molar-refractivity contribution in [2.45, 2.75) is 71.1 Å². The van der Waals surface area contributed by atoms with Gasteiger partial charge in [-0.3, -0.25) is 4.90 Å². The molecule has 0 saturated carbocycles. The molecule has 1 aromatic heterocycles. The van der Waals surface area contributed by atoms with Gasteiger partial charge in [-0.25, -0.2) is 14.8 Å². The van der Waals surface area contributed by atoms with Crippen LogP contribution in [0.25, 0.3) is 0 Å². The molecule has 4 aliphatic rings. The normalized spacial score (nSPS) is 22.1. The zero-order valence-electron chi connectivity index (χ0n) is 24.2. The molecule has 6 rings (SSSR count). The van der Waals surface area contributed by atoms with Crippen LogP contribution in [0.5, 0.6) is 5.75 Å². The Balaban J connectivity index is 1.13. The van der Waals surface area contributed by atoms with E-state index in [9.17, 15) is 4.79 Å². The van der Waals surface area contributed by atoms with Crippen molar-refractivity contribution in [1.82, 2.24) is 19.8 Å². The highest BCUT2D eigenvalue weighted by atomic mass is 16.6. The zero-order valence-corrected chi connectivity index (χ0v) is 24.2. The molecule has 10 nitrogen and oxygen atoms in total. The second-order valence-electron chi connectivity index (χ2n) is 12.4. The number of benzene rings is 1. The van der Waals surface area contributed by atoms with E-state index in [1.807, 2.05) is 25.7 Å². The number of likely N-dealkylation sites (tertiary alicyclic amines) is 2. The minimum atomic E-state index is -0.456. The highest BCUT2D eigenvalue weighted by Crippen LogP contribution is 2.41. The number of nitrogens with one attached hydrogen (secondary N) is 1. The molecule has 0 spiro atoms. The summed E-state index contributed by atoms with van der Waals surface area (Å²) in [6, 6.07) is 5.06. The third-order valence-corrected chi connectivity index (χ3v) is 8.47. The zero-order chi connectivity index (χ0) is 27.9. The fourth-order valence-electron chi connectivity index (χ4n) is 6.42. The summed E-state index contributed by atoms with van der Waals surface area (Å²) in [4.78, 5) is 28.4. The van der Waals surface area contributed by atoms with Crippen molar-refractivity contribution in [2.75, 3.05) is 62.7 Å². The van der Waals surface area contributed by atoms with Gasteiger partial charge in [0.2, 0.25) is 0 Å². The van der Waals surface area contributed by atoms with Gasteiger partial charge in [-0.2, -0.15) is 0 Å². The number of carbonyl (C=O) groups excluding carboxylic acids is 1. The fraction of sp³-hybridized carbons (Fsp3) is 0.633. The summed E-state index contributed by atoms with van der Waals surface area (Å²) >= 11 is 0. The molecule has 0 unspecified atom stereocenters. The summed E-state index contributed by atoms with van der Waals surface area (Å²) in [5, 5.41) is 3.60. The van der Waals surface area contributed by atoms with Crippen molar-refractivity contribution in [3.05, 3.63) is 35.2 Å². The van der Waals surface area contributed by atoms with Gasteiger partial charge in [0.25, 0.3) is 0 Å². The van der Waals surface area contributed by atoms with Gasteiger partial charge in [0.15, 0.2) is 0 Å². The number of amides is 1. The molecule has 216 valence electrons. The number of hydrogen-bond donors (Lipinski definition) is 1. The van der Waals surface area contributed by atoms with Crippen LogP contribution in [0.15, 0.2) is 18.5 Å². The summed E-state index contributed by atoms with van der Waals surface area (Å²) in [6.07, 6.45) is 4.57. The SMILES string of the molecule is Cc1cc([C@H]2CCN(C3CCN(C(=O)OC(C)(C)C)CC3)C2)cc2c1OCc1c(ncnc1N1CCOCC1)N2. The molecule has 0 radical (unpaired) electrons. The first-order valence-corrected chi connectivity index (χ1v) is 14.7. The van der Waals surface area contributed by atoms with Crippen molar-refractivity contribution >= 4 is 23.4 Å². The Kier molecular flexibility index (Phi) is 7.48. The standard InChI is InChI=1S/C30H42N6O4/c1-20-15-22(21-5-8-36(17-21)23-6-9-35(10-7-23)29(37)40-30(2,3)4)16-25-26(20)39-18-24-27(33-25)31-19-32-28(24)34-11-13-38-14-12-34/h15-16,19,21,23H,5-14,17-18H2,1-4H3,(H,31,32,33)/t21-/m0/s1. The van der Waals surface area contributed by atoms with E-state index in [0.717, 1.165) is 92.7 Å². The lowest BCUT2D eigenvalue weighted by Crippen LogP contribution is -2.47. The molecular weight excluding hydrogens is 508 g/mol. The number of ether oxygens (including phenoxy) is 3. The molecule has 10 heteroatoms. The van der Waals surface area contributed by atoms with Gasteiger partial charge in [0.05, 0.1) is 24.5 Å². The second kappa shape index (κ2) is 11.0. The quantitative estimate of drug-likeness (QED) is 0.595. The van der Waals surface area contributed by atoms with Gasteiger partial charge >= 0.3 is 6.09 Å². The maximum absolute atomic E-state index is 12.5. The highest BCUT2D eigenvalue weighted by Gasteiger charge is 2.34. The van der Waals surface area contributed by atoms with Gasteiger partial charge in [-0.1, -0.05) is 6.07 Å². The number of nitrogens with zero attached hydrogens (tertiary/aromatic N) is 5. The third kappa shape index (κ3) is 5.69. The minimum absolute atomic E-state index is 0.190. The minimum Gasteiger partial charge on any atom is -0.486 e. The van der Waals surface area contributed by atoms with Crippen molar-refractivity contribution < 1.29 is 19.0 Å². The first kappa shape index (κ1) is 27.1.